The predicted octanol–water partition coefficient (Wildman–Crippen LogP) is 2.50. The van der Waals surface area contributed by atoms with Crippen molar-refractivity contribution in [3.63, 3.8) is 0 Å². The van der Waals surface area contributed by atoms with Gasteiger partial charge in [-0.15, -0.1) is 0 Å². The highest BCUT2D eigenvalue weighted by atomic mass is 16.1. The summed E-state index contributed by atoms with van der Waals surface area (Å²) in [5, 5.41) is 6.10. The number of fused-ring (bicyclic) bond motifs is 1. The van der Waals surface area contributed by atoms with E-state index in [0.717, 1.165) is 16.9 Å². The van der Waals surface area contributed by atoms with E-state index >= 15 is 0 Å². The molecule has 1 aliphatic rings. The maximum absolute atomic E-state index is 11.6. The maximum Gasteiger partial charge on any atom is 0.246 e. The molecule has 2 aromatic carbocycles. The molecule has 0 bridgehead atoms. The molecule has 0 fully saturated rings. The summed E-state index contributed by atoms with van der Waals surface area (Å²) < 4.78 is 0. The van der Waals surface area contributed by atoms with Gasteiger partial charge >= 0.3 is 0 Å². The van der Waals surface area contributed by atoms with E-state index in [1.807, 2.05) is 54.6 Å². The number of amides is 1. The lowest BCUT2D eigenvalue weighted by molar-refractivity contribution is -0.114. The normalized spacial score (nSPS) is 13.9. The molecule has 1 amide bonds. The smallest absolute Gasteiger partial charge is 0.246 e. The number of anilines is 2. The molecule has 0 aliphatic carbocycles. The molecule has 1 heterocycles. The number of aliphatic imine (C=N–C) groups is 1. The number of hydrogen-bond donors (Lipinski definition) is 2. The highest BCUT2D eigenvalue weighted by Crippen LogP contribution is 2.19. The number of rotatable bonds is 1. The first-order valence-electron chi connectivity index (χ1n) is 6.09. The monoisotopic (exact) mass is 251 g/mol. The van der Waals surface area contributed by atoms with Crippen molar-refractivity contribution in [3.05, 3.63) is 60.2 Å². The van der Waals surface area contributed by atoms with Gasteiger partial charge < -0.3 is 10.6 Å². The van der Waals surface area contributed by atoms with E-state index in [9.17, 15) is 4.79 Å². The molecule has 0 atom stereocenters. The lowest BCUT2D eigenvalue weighted by atomic mass is 10.1. The van der Waals surface area contributed by atoms with Gasteiger partial charge in [-0.2, -0.15) is 0 Å². The Kier molecular flexibility index (Phi) is 2.98. The van der Waals surface area contributed by atoms with Crippen molar-refractivity contribution in [2.45, 2.75) is 0 Å². The summed E-state index contributed by atoms with van der Waals surface area (Å²) in [6.45, 7) is 0.129. The minimum absolute atomic E-state index is 0.0997. The molecular weight excluding hydrogens is 238 g/mol. The third-order valence-corrected chi connectivity index (χ3v) is 2.87. The molecule has 2 N–H and O–H groups in total. The molecule has 1 aliphatic heterocycles. The minimum atomic E-state index is -0.0997. The van der Waals surface area contributed by atoms with Crippen LogP contribution in [0.25, 0.3) is 0 Å². The van der Waals surface area contributed by atoms with Crippen molar-refractivity contribution < 1.29 is 4.79 Å². The molecule has 4 heteroatoms. The average Bonchev–Trinajstić information content (AvgIpc) is 2.60. The van der Waals surface area contributed by atoms with Crippen LogP contribution in [0.5, 0.6) is 0 Å². The number of benzodiazepines with no additional fused rings is 1. The Labute approximate surface area is 111 Å². The van der Waals surface area contributed by atoms with Crippen molar-refractivity contribution in [1.82, 2.24) is 0 Å². The predicted molar refractivity (Wildman–Crippen MR) is 76.5 cm³/mol. The zero-order valence-corrected chi connectivity index (χ0v) is 10.3. The van der Waals surface area contributed by atoms with Gasteiger partial charge in [0.1, 0.15) is 12.4 Å². The van der Waals surface area contributed by atoms with Crippen LogP contribution in [0.4, 0.5) is 11.4 Å². The van der Waals surface area contributed by atoms with Crippen LogP contribution in [0, 0.1) is 0 Å². The number of nitrogens with one attached hydrogen (secondary N) is 2. The first-order chi connectivity index (χ1) is 9.33. The number of nitrogens with zero attached hydrogens (tertiary/aromatic N) is 1. The van der Waals surface area contributed by atoms with Gasteiger partial charge in [0.2, 0.25) is 5.91 Å². The molecule has 4 nitrogen and oxygen atoms in total. The van der Waals surface area contributed by atoms with Crippen molar-refractivity contribution in [3.8, 4) is 0 Å². The maximum atomic E-state index is 11.6. The van der Waals surface area contributed by atoms with Crippen LogP contribution in [0.3, 0.4) is 0 Å². The van der Waals surface area contributed by atoms with Gasteiger partial charge in [0, 0.05) is 11.3 Å². The molecule has 2 aromatic rings. The van der Waals surface area contributed by atoms with Crippen LogP contribution < -0.4 is 10.6 Å². The quantitative estimate of drug-likeness (QED) is 0.818. The molecule has 0 spiro atoms. The molecular formula is C15H13N3O. The first kappa shape index (κ1) is 11.5. The van der Waals surface area contributed by atoms with Gasteiger partial charge in [-0.25, -0.2) is 0 Å². The van der Waals surface area contributed by atoms with Crippen molar-refractivity contribution in [2.75, 3.05) is 17.2 Å². The molecule has 0 unspecified atom stereocenters. The van der Waals surface area contributed by atoms with E-state index in [1.165, 1.54) is 0 Å². The molecule has 19 heavy (non-hydrogen) atoms. The van der Waals surface area contributed by atoms with Crippen LogP contribution >= 0.6 is 0 Å². The Morgan fingerprint density at radius 3 is 2.58 bits per heavy atom. The summed E-state index contributed by atoms with van der Waals surface area (Å²) >= 11 is 0. The fourth-order valence-electron chi connectivity index (χ4n) is 1.99. The number of carbonyl (C=O) groups excluding carboxylic acids is 1. The average molecular weight is 251 g/mol. The Bertz CT molecular complexity index is 635. The summed E-state index contributed by atoms with van der Waals surface area (Å²) in [6.07, 6.45) is 0. The second-order valence-electron chi connectivity index (χ2n) is 4.25. The zero-order chi connectivity index (χ0) is 13.1. The molecule has 0 saturated carbocycles. The van der Waals surface area contributed by atoms with Gasteiger partial charge in [-0.1, -0.05) is 30.3 Å². The van der Waals surface area contributed by atoms with Crippen molar-refractivity contribution >= 4 is 23.1 Å². The van der Waals surface area contributed by atoms with Crippen molar-refractivity contribution in [2.24, 2.45) is 4.99 Å². The number of carbonyl (C=O) groups is 1. The van der Waals surface area contributed by atoms with Crippen LogP contribution in [0.1, 0.15) is 5.56 Å². The van der Waals surface area contributed by atoms with Gasteiger partial charge in [0.25, 0.3) is 0 Å². The number of para-hydroxylation sites is 2. The second-order valence-corrected chi connectivity index (χ2v) is 4.25. The van der Waals surface area contributed by atoms with Gasteiger partial charge in [-0.05, 0) is 24.3 Å². The largest absolute Gasteiger partial charge is 0.340 e. The Balaban J connectivity index is 1.98. The summed E-state index contributed by atoms with van der Waals surface area (Å²) in [4.78, 5) is 15.9. The number of hydrogen-bond acceptors (Lipinski definition) is 3. The zero-order valence-electron chi connectivity index (χ0n) is 10.3. The van der Waals surface area contributed by atoms with Crippen molar-refractivity contribution in [1.29, 1.82) is 0 Å². The van der Waals surface area contributed by atoms with E-state index in [4.69, 9.17) is 0 Å². The lowest BCUT2D eigenvalue weighted by Crippen LogP contribution is -2.14. The fraction of sp³-hybridized carbons (Fsp3) is 0.0667. The van der Waals surface area contributed by atoms with Gasteiger partial charge in [-0.3, -0.25) is 9.79 Å². The molecule has 0 aromatic heterocycles. The highest BCUT2D eigenvalue weighted by Gasteiger charge is 2.15. The SMILES string of the molecule is O=C1CN=C(Nc2ccccc2)c2ccccc2N1. The Morgan fingerprint density at radius 1 is 1.00 bits per heavy atom. The lowest BCUT2D eigenvalue weighted by Gasteiger charge is -2.11. The van der Waals surface area contributed by atoms with Crippen LogP contribution in [-0.4, -0.2) is 18.3 Å². The second kappa shape index (κ2) is 4.94. The number of amidine groups is 1. The van der Waals surface area contributed by atoms with Crippen LogP contribution in [0.2, 0.25) is 0 Å². The van der Waals surface area contributed by atoms with E-state index in [0.29, 0.717) is 5.84 Å². The Hall–Kier alpha value is -2.62. The van der Waals surface area contributed by atoms with Crippen LogP contribution in [0.15, 0.2) is 59.6 Å². The first-order valence-corrected chi connectivity index (χ1v) is 6.09. The summed E-state index contributed by atoms with van der Waals surface area (Å²) in [7, 11) is 0. The molecule has 0 saturated heterocycles. The standard InChI is InChI=1S/C15H13N3O/c19-14-10-16-15(17-11-6-2-1-3-7-11)12-8-4-5-9-13(12)18-14/h1-9H,10H2,(H,16,17)(H,18,19). The fourth-order valence-corrected chi connectivity index (χ4v) is 1.99. The van der Waals surface area contributed by atoms with Gasteiger partial charge in [0.15, 0.2) is 0 Å². The Morgan fingerprint density at radius 2 is 1.74 bits per heavy atom. The van der Waals surface area contributed by atoms with E-state index in [-0.39, 0.29) is 12.5 Å². The molecule has 94 valence electrons. The molecule has 3 rings (SSSR count). The highest BCUT2D eigenvalue weighted by molar-refractivity contribution is 6.15. The van der Waals surface area contributed by atoms with E-state index < -0.39 is 0 Å². The third-order valence-electron chi connectivity index (χ3n) is 2.87. The minimum Gasteiger partial charge on any atom is -0.340 e. The topological polar surface area (TPSA) is 53.5 Å². The summed E-state index contributed by atoms with van der Waals surface area (Å²) in [5.74, 6) is 0.609. The van der Waals surface area contributed by atoms with Crippen LogP contribution in [-0.2, 0) is 4.79 Å². The van der Waals surface area contributed by atoms with Gasteiger partial charge in [0.05, 0.1) is 5.69 Å². The summed E-state index contributed by atoms with van der Waals surface area (Å²) in [5.41, 5.74) is 2.63. The third kappa shape index (κ3) is 2.47. The van der Waals surface area contributed by atoms with E-state index in [2.05, 4.69) is 15.6 Å². The summed E-state index contributed by atoms with van der Waals surface area (Å²) in [6, 6.07) is 17.4. The van der Waals surface area contributed by atoms with E-state index in [1.54, 1.807) is 0 Å². The number of benzene rings is 2. The molecule has 0 radical (unpaired) electrons.